The SMILES string of the molecule is C=C(NCCCC)C(C)c1cccc(C(C)C)c1.CC.CC. The molecule has 0 aliphatic rings. The molecule has 1 aromatic carbocycles. The van der Waals surface area contributed by atoms with Gasteiger partial charge in [-0.1, -0.05) is 92.7 Å². The summed E-state index contributed by atoms with van der Waals surface area (Å²) in [6.45, 7) is 22.1. The molecule has 1 aromatic rings. The zero-order valence-electron chi connectivity index (χ0n) is 16.3. The molecule has 128 valence electrons. The molecule has 1 heteroatoms. The molecule has 0 amide bonds. The van der Waals surface area contributed by atoms with Gasteiger partial charge in [0.15, 0.2) is 0 Å². The molecule has 1 atom stereocenters. The van der Waals surface area contributed by atoms with E-state index in [1.165, 1.54) is 24.0 Å². The van der Waals surface area contributed by atoms with Crippen LogP contribution in [0.4, 0.5) is 0 Å². The van der Waals surface area contributed by atoms with Gasteiger partial charge in [-0.3, -0.25) is 0 Å². The largest absolute Gasteiger partial charge is 0.388 e. The van der Waals surface area contributed by atoms with Crippen molar-refractivity contribution < 1.29 is 0 Å². The molecule has 0 fully saturated rings. The molecular formula is C21H39N. The Labute approximate surface area is 140 Å². The van der Waals surface area contributed by atoms with Gasteiger partial charge in [0.1, 0.15) is 0 Å². The quantitative estimate of drug-likeness (QED) is 0.542. The molecule has 1 rings (SSSR count). The first-order chi connectivity index (χ1) is 10.6. The number of nitrogens with one attached hydrogen (secondary N) is 1. The van der Waals surface area contributed by atoms with E-state index in [0.717, 1.165) is 12.2 Å². The summed E-state index contributed by atoms with van der Waals surface area (Å²) in [5, 5.41) is 3.44. The van der Waals surface area contributed by atoms with Gasteiger partial charge in [0.25, 0.3) is 0 Å². The Morgan fingerprint density at radius 3 is 2.09 bits per heavy atom. The molecule has 0 heterocycles. The monoisotopic (exact) mass is 305 g/mol. The summed E-state index contributed by atoms with van der Waals surface area (Å²) >= 11 is 0. The van der Waals surface area contributed by atoms with Crippen molar-refractivity contribution in [3.8, 4) is 0 Å². The standard InChI is InChI=1S/C17H27N.2C2H6/c1-6-7-11-18-15(5)14(4)17-10-8-9-16(12-17)13(2)3;2*1-2/h8-10,12-14,18H,5-7,11H2,1-4H3;2*1-2H3. The molecule has 0 bridgehead atoms. The van der Waals surface area contributed by atoms with E-state index in [-0.39, 0.29) is 0 Å². The minimum atomic E-state index is 0.376. The molecular weight excluding hydrogens is 266 g/mol. The smallest absolute Gasteiger partial charge is 0.0203 e. The van der Waals surface area contributed by atoms with Gasteiger partial charge in [0.05, 0.1) is 0 Å². The van der Waals surface area contributed by atoms with E-state index < -0.39 is 0 Å². The van der Waals surface area contributed by atoms with Crippen molar-refractivity contribution in [2.45, 2.75) is 80.1 Å². The highest BCUT2D eigenvalue weighted by Gasteiger charge is 2.10. The normalized spacial score (nSPS) is 10.8. The van der Waals surface area contributed by atoms with Gasteiger partial charge in [0.2, 0.25) is 0 Å². The summed E-state index contributed by atoms with van der Waals surface area (Å²) in [6, 6.07) is 8.86. The van der Waals surface area contributed by atoms with Gasteiger partial charge >= 0.3 is 0 Å². The zero-order chi connectivity index (χ0) is 17.5. The van der Waals surface area contributed by atoms with Crippen molar-refractivity contribution in [3.05, 3.63) is 47.7 Å². The van der Waals surface area contributed by atoms with Crippen LogP contribution in [0.15, 0.2) is 36.5 Å². The summed E-state index contributed by atoms with van der Waals surface area (Å²) in [5.41, 5.74) is 3.89. The molecule has 0 aliphatic carbocycles. The number of allylic oxidation sites excluding steroid dienone is 1. The third-order valence-corrected chi connectivity index (χ3v) is 3.48. The van der Waals surface area contributed by atoms with E-state index in [1.54, 1.807) is 0 Å². The number of hydrogen-bond acceptors (Lipinski definition) is 1. The second-order valence-electron chi connectivity index (χ2n) is 5.35. The van der Waals surface area contributed by atoms with Gasteiger partial charge in [0, 0.05) is 18.2 Å². The lowest BCUT2D eigenvalue weighted by molar-refractivity contribution is 0.669. The lowest BCUT2D eigenvalue weighted by atomic mass is 9.93. The molecule has 0 radical (unpaired) electrons. The van der Waals surface area contributed by atoms with Gasteiger partial charge in [-0.25, -0.2) is 0 Å². The highest BCUT2D eigenvalue weighted by Crippen LogP contribution is 2.24. The summed E-state index contributed by atoms with van der Waals surface area (Å²) < 4.78 is 0. The lowest BCUT2D eigenvalue weighted by Crippen LogP contribution is -2.18. The van der Waals surface area contributed by atoms with Crippen molar-refractivity contribution in [3.63, 3.8) is 0 Å². The molecule has 0 saturated heterocycles. The molecule has 0 spiro atoms. The van der Waals surface area contributed by atoms with Crippen LogP contribution in [0.3, 0.4) is 0 Å². The fourth-order valence-electron chi connectivity index (χ4n) is 1.97. The van der Waals surface area contributed by atoms with Crippen molar-refractivity contribution >= 4 is 0 Å². The molecule has 1 unspecified atom stereocenters. The second-order valence-corrected chi connectivity index (χ2v) is 5.35. The Kier molecular flexibility index (Phi) is 15.4. The fraction of sp³-hybridized carbons (Fsp3) is 0.619. The minimum Gasteiger partial charge on any atom is -0.388 e. The number of rotatable bonds is 7. The van der Waals surface area contributed by atoms with Crippen LogP contribution in [-0.4, -0.2) is 6.54 Å². The molecule has 0 aromatic heterocycles. The maximum absolute atomic E-state index is 4.17. The molecule has 22 heavy (non-hydrogen) atoms. The van der Waals surface area contributed by atoms with Crippen molar-refractivity contribution in [1.82, 2.24) is 5.32 Å². The summed E-state index contributed by atoms with van der Waals surface area (Å²) in [6.07, 6.45) is 2.43. The lowest BCUT2D eigenvalue weighted by Gasteiger charge is -2.18. The topological polar surface area (TPSA) is 12.0 Å². The van der Waals surface area contributed by atoms with Crippen LogP contribution in [0, 0.1) is 0 Å². The first-order valence-electron chi connectivity index (χ1n) is 9.08. The first kappa shape index (κ1) is 23.0. The Balaban J connectivity index is 0. The van der Waals surface area contributed by atoms with E-state index in [2.05, 4.69) is 63.9 Å². The van der Waals surface area contributed by atoms with E-state index >= 15 is 0 Å². The van der Waals surface area contributed by atoms with Crippen molar-refractivity contribution in [2.75, 3.05) is 6.54 Å². The minimum absolute atomic E-state index is 0.376. The van der Waals surface area contributed by atoms with Gasteiger partial charge in [-0.15, -0.1) is 0 Å². The van der Waals surface area contributed by atoms with Gasteiger partial charge in [-0.2, -0.15) is 0 Å². The summed E-state index contributed by atoms with van der Waals surface area (Å²) in [4.78, 5) is 0. The highest BCUT2D eigenvalue weighted by atomic mass is 14.9. The Morgan fingerprint density at radius 1 is 1.05 bits per heavy atom. The van der Waals surface area contributed by atoms with Crippen molar-refractivity contribution in [1.29, 1.82) is 0 Å². The molecule has 0 aliphatic heterocycles. The summed E-state index contributed by atoms with van der Waals surface area (Å²) in [5.74, 6) is 0.957. The first-order valence-corrected chi connectivity index (χ1v) is 9.08. The predicted octanol–water partition coefficient (Wildman–Crippen LogP) is 6.87. The third kappa shape index (κ3) is 8.92. The zero-order valence-corrected chi connectivity index (χ0v) is 16.3. The van der Waals surface area contributed by atoms with Crippen LogP contribution in [0.25, 0.3) is 0 Å². The second kappa shape index (κ2) is 14.7. The Hall–Kier alpha value is -1.24. The summed E-state index contributed by atoms with van der Waals surface area (Å²) in [7, 11) is 0. The van der Waals surface area contributed by atoms with E-state index in [9.17, 15) is 0 Å². The molecule has 0 saturated carbocycles. The van der Waals surface area contributed by atoms with E-state index in [0.29, 0.717) is 11.8 Å². The number of unbranched alkanes of at least 4 members (excludes halogenated alkanes) is 1. The van der Waals surface area contributed by atoms with Crippen molar-refractivity contribution in [2.24, 2.45) is 0 Å². The molecule has 1 N–H and O–H groups in total. The number of hydrogen-bond donors (Lipinski definition) is 1. The van der Waals surface area contributed by atoms with E-state index in [1.807, 2.05) is 27.7 Å². The van der Waals surface area contributed by atoms with E-state index in [4.69, 9.17) is 0 Å². The van der Waals surface area contributed by atoms with Crippen LogP contribution in [0.2, 0.25) is 0 Å². The Bertz CT molecular complexity index is 379. The highest BCUT2D eigenvalue weighted by molar-refractivity contribution is 5.31. The maximum atomic E-state index is 4.17. The molecule has 1 nitrogen and oxygen atoms in total. The third-order valence-electron chi connectivity index (χ3n) is 3.48. The van der Waals surface area contributed by atoms with Gasteiger partial charge < -0.3 is 5.32 Å². The van der Waals surface area contributed by atoms with Crippen LogP contribution in [-0.2, 0) is 0 Å². The van der Waals surface area contributed by atoms with Gasteiger partial charge in [-0.05, 0) is 23.5 Å². The predicted molar refractivity (Wildman–Crippen MR) is 104 cm³/mol. The number of benzene rings is 1. The van der Waals surface area contributed by atoms with Crippen LogP contribution in [0.5, 0.6) is 0 Å². The Morgan fingerprint density at radius 2 is 1.59 bits per heavy atom. The van der Waals surface area contributed by atoms with Crippen LogP contribution < -0.4 is 5.32 Å². The van der Waals surface area contributed by atoms with Crippen LogP contribution >= 0.6 is 0 Å². The average Bonchev–Trinajstić information content (AvgIpc) is 2.58. The van der Waals surface area contributed by atoms with Crippen LogP contribution in [0.1, 0.15) is 91.2 Å². The fourth-order valence-corrected chi connectivity index (χ4v) is 1.97. The average molecular weight is 306 g/mol. The maximum Gasteiger partial charge on any atom is 0.0203 e.